The smallest absolute Gasteiger partial charge is 0.117 e. The molecule has 0 saturated heterocycles. The summed E-state index contributed by atoms with van der Waals surface area (Å²) in [4.78, 5) is 0. The number of nitrogens with zero attached hydrogens (tertiary/aromatic N) is 2. The zero-order valence-electron chi connectivity index (χ0n) is 7.42. The van der Waals surface area contributed by atoms with Crippen molar-refractivity contribution in [2.75, 3.05) is 6.54 Å². The number of nitrogens with two attached hydrogens (primary N) is 1. The molecule has 0 radical (unpaired) electrons. The van der Waals surface area contributed by atoms with Gasteiger partial charge in [-0.25, -0.2) is 0 Å². The first-order valence-electron chi connectivity index (χ1n) is 4.38. The van der Waals surface area contributed by atoms with E-state index in [9.17, 15) is 0 Å². The zero-order valence-corrected chi connectivity index (χ0v) is 8.23. The standard InChI is InChI=1S/C8H15N3S/c1-2-4-7-10-11-8(12-7)5-3-6-9/h2-6,9H2,1H3. The summed E-state index contributed by atoms with van der Waals surface area (Å²) in [5, 5.41) is 10.5. The first-order chi connectivity index (χ1) is 5.86. The predicted molar refractivity (Wildman–Crippen MR) is 51.3 cm³/mol. The van der Waals surface area contributed by atoms with Crippen LogP contribution in [0.15, 0.2) is 0 Å². The number of rotatable bonds is 5. The van der Waals surface area contributed by atoms with E-state index in [1.807, 2.05) is 0 Å². The molecule has 0 spiro atoms. The van der Waals surface area contributed by atoms with E-state index in [2.05, 4.69) is 17.1 Å². The van der Waals surface area contributed by atoms with Crippen LogP contribution in [0.2, 0.25) is 0 Å². The van der Waals surface area contributed by atoms with Gasteiger partial charge in [-0.1, -0.05) is 6.92 Å². The van der Waals surface area contributed by atoms with Gasteiger partial charge in [0.1, 0.15) is 10.0 Å². The van der Waals surface area contributed by atoms with Gasteiger partial charge in [0.15, 0.2) is 0 Å². The summed E-state index contributed by atoms with van der Waals surface area (Å²) in [6, 6.07) is 0. The number of aromatic nitrogens is 2. The van der Waals surface area contributed by atoms with Crippen LogP contribution in [0, 0.1) is 0 Å². The van der Waals surface area contributed by atoms with Crippen molar-refractivity contribution in [3.8, 4) is 0 Å². The van der Waals surface area contributed by atoms with Crippen LogP contribution in [-0.2, 0) is 12.8 Å². The third kappa shape index (κ3) is 2.87. The van der Waals surface area contributed by atoms with Crippen molar-refractivity contribution in [2.45, 2.75) is 32.6 Å². The molecule has 12 heavy (non-hydrogen) atoms. The fourth-order valence-corrected chi connectivity index (χ4v) is 1.95. The molecule has 2 N–H and O–H groups in total. The zero-order chi connectivity index (χ0) is 8.81. The third-order valence-electron chi connectivity index (χ3n) is 1.57. The Morgan fingerprint density at radius 2 is 1.92 bits per heavy atom. The van der Waals surface area contributed by atoms with Crippen molar-refractivity contribution in [1.29, 1.82) is 0 Å². The van der Waals surface area contributed by atoms with Gasteiger partial charge in [-0.2, -0.15) is 0 Å². The lowest BCUT2D eigenvalue weighted by Crippen LogP contribution is -1.99. The molecular formula is C8H15N3S. The maximum Gasteiger partial charge on any atom is 0.117 e. The fraction of sp³-hybridized carbons (Fsp3) is 0.750. The molecule has 0 unspecified atom stereocenters. The average Bonchev–Trinajstić information content (AvgIpc) is 2.50. The Morgan fingerprint density at radius 3 is 2.50 bits per heavy atom. The SMILES string of the molecule is CCCc1nnc(CCCN)s1. The van der Waals surface area contributed by atoms with Gasteiger partial charge < -0.3 is 5.73 Å². The lowest BCUT2D eigenvalue weighted by Gasteiger charge is -1.89. The molecule has 0 saturated carbocycles. The van der Waals surface area contributed by atoms with Crippen LogP contribution in [0.1, 0.15) is 29.8 Å². The van der Waals surface area contributed by atoms with Crippen LogP contribution in [0.5, 0.6) is 0 Å². The molecule has 4 heteroatoms. The highest BCUT2D eigenvalue weighted by Gasteiger charge is 2.01. The van der Waals surface area contributed by atoms with Crippen LogP contribution < -0.4 is 5.73 Å². The van der Waals surface area contributed by atoms with Crippen molar-refractivity contribution in [3.05, 3.63) is 10.0 Å². The second-order valence-corrected chi connectivity index (χ2v) is 3.88. The number of hydrogen-bond donors (Lipinski definition) is 1. The van der Waals surface area contributed by atoms with Crippen LogP contribution in [0.3, 0.4) is 0 Å². The monoisotopic (exact) mass is 185 g/mol. The van der Waals surface area contributed by atoms with Crippen molar-refractivity contribution in [2.24, 2.45) is 5.73 Å². The van der Waals surface area contributed by atoms with Crippen molar-refractivity contribution in [3.63, 3.8) is 0 Å². The first-order valence-corrected chi connectivity index (χ1v) is 5.19. The molecule has 0 atom stereocenters. The van der Waals surface area contributed by atoms with Gasteiger partial charge >= 0.3 is 0 Å². The van der Waals surface area contributed by atoms with Crippen molar-refractivity contribution >= 4 is 11.3 Å². The molecule has 0 bridgehead atoms. The molecule has 0 fully saturated rings. The third-order valence-corrected chi connectivity index (χ3v) is 2.61. The van der Waals surface area contributed by atoms with Gasteiger partial charge in [-0.3, -0.25) is 0 Å². The van der Waals surface area contributed by atoms with E-state index < -0.39 is 0 Å². The normalized spacial score (nSPS) is 10.5. The van der Waals surface area contributed by atoms with E-state index in [-0.39, 0.29) is 0 Å². The lowest BCUT2D eigenvalue weighted by molar-refractivity contribution is 0.804. The molecule has 1 rings (SSSR count). The summed E-state index contributed by atoms with van der Waals surface area (Å²) in [5.41, 5.74) is 5.40. The van der Waals surface area contributed by atoms with Gasteiger partial charge in [0, 0.05) is 12.8 Å². The minimum atomic E-state index is 0.739. The lowest BCUT2D eigenvalue weighted by atomic mass is 10.3. The number of hydrogen-bond acceptors (Lipinski definition) is 4. The quantitative estimate of drug-likeness (QED) is 0.754. The fourth-order valence-electron chi connectivity index (χ4n) is 0.958. The predicted octanol–water partition coefficient (Wildman–Crippen LogP) is 1.38. The highest BCUT2D eigenvalue weighted by molar-refractivity contribution is 7.11. The summed E-state index contributed by atoms with van der Waals surface area (Å²) < 4.78 is 0. The summed E-state index contributed by atoms with van der Waals surface area (Å²) in [6.07, 6.45) is 4.20. The summed E-state index contributed by atoms with van der Waals surface area (Å²) >= 11 is 1.72. The maximum absolute atomic E-state index is 5.40. The van der Waals surface area contributed by atoms with Crippen LogP contribution in [0.25, 0.3) is 0 Å². The van der Waals surface area contributed by atoms with Gasteiger partial charge in [-0.05, 0) is 19.4 Å². The summed E-state index contributed by atoms with van der Waals surface area (Å²) in [7, 11) is 0. The largest absolute Gasteiger partial charge is 0.330 e. The topological polar surface area (TPSA) is 51.8 Å². The van der Waals surface area contributed by atoms with E-state index in [4.69, 9.17) is 5.73 Å². The Hall–Kier alpha value is -0.480. The van der Waals surface area contributed by atoms with Crippen molar-refractivity contribution in [1.82, 2.24) is 10.2 Å². The molecule has 0 amide bonds. The molecular weight excluding hydrogens is 170 g/mol. The molecule has 1 aromatic heterocycles. The van der Waals surface area contributed by atoms with E-state index in [1.165, 1.54) is 0 Å². The summed E-state index contributed by atoms with van der Waals surface area (Å²) in [6.45, 7) is 2.89. The van der Waals surface area contributed by atoms with Crippen LogP contribution in [-0.4, -0.2) is 16.7 Å². The van der Waals surface area contributed by atoms with Crippen LogP contribution in [0.4, 0.5) is 0 Å². The molecule has 3 nitrogen and oxygen atoms in total. The van der Waals surface area contributed by atoms with E-state index >= 15 is 0 Å². The minimum absolute atomic E-state index is 0.739. The molecule has 1 heterocycles. The molecule has 0 aromatic carbocycles. The second-order valence-electron chi connectivity index (χ2n) is 2.73. The van der Waals surface area contributed by atoms with Crippen LogP contribution >= 0.6 is 11.3 Å². The van der Waals surface area contributed by atoms with Gasteiger partial charge in [0.05, 0.1) is 0 Å². The second kappa shape index (κ2) is 5.22. The molecule has 68 valence electrons. The Bertz CT molecular complexity index is 222. The Labute approximate surface area is 77.0 Å². The Balaban J connectivity index is 2.41. The van der Waals surface area contributed by atoms with Gasteiger partial charge in [0.25, 0.3) is 0 Å². The molecule has 1 aromatic rings. The van der Waals surface area contributed by atoms with Crippen molar-refractivity contribution < 1.29 is 0 Å². The average molecular weight is 185 g/mol. The Morgan fingerprint density at radius 1 is 1.25 bits per heavy atom. The first kappa shape index (κ1) is 9.61. The van der Waals surface area contributed by atoms with Gasteiger partial charge in [-0.15, -0.1) is 21.5 Å². The number of aryl methyl sites for hydroxylation is 2. The maximum atomic E-state index is 5.40. The molecule has 0 aliphatic rings. The van der Waals surface area contributed by atoms with E-state index in [1.54, 1.807) is 11.3 Å². The van der Waals surface area contributed by atoms with E-state index in [0.717, 1.165) is 42.2 Å². The Kier molecular flexibility index (Phi) is 4.18. The molecule has 0 aliphatic heterocycles. The highest BCUT2D eigenvalue weighted by Crippen LogP contribution is 2.12. The highest BCUT2D eigenvalue weighted by atomic mass is 32.1. The summed E-state index contributed by atoms with van der Waals surface area (Å²) in [5.74, 6) is 0. The van der Waals surface area contributed by atoms with Gasteiger partial charge in [0.2, 0.25) is 0 Å². The minimum Gasteiger partial charge on any atom is -0.330 e. The molecule has 0 aliphatic carbocycles. The van der Waals surface area contributed by atoms with E-state index in [0.29, 0.717) is 0 Å².